The van der Waals surface area contributed by atoms with Gasteiger partial charge in [0.25, 0.3) is 0 Å². The Bertz CT molecular complexity index is 545. The molecule has 0 amide bonds. The number of hydrogen-bond acceptors (Lipinski definition) is 4. The molecule has 1 fully saturated rings. The molecule has 1 unspecified atom stereocenters. The lowest BCUT2D eigenvalue weighted by Gasteiger charge is -2.30. The maximum Gasteiger partial charge on any atom is 0.243 e. The summed E-state index contributed by atoms with van der Waals surface area (Å²) in [5.74, 6) is 0. The maximum absolute atomic E-state index is 12.6. The molecule has 0 radical (unpaired) electrons. The molecule has 1 N–H and O–H groups in total. The summed E-state index contributed by atoms with van der Waals surface area (Å²) in [5, 5.41) is 3.20. The third kappa shape index (κ3) is 3.58. The van der Waals surface area contributed by atoms with Crippen molar-refractivity contribution in [1.82, 2.24) is 9.62 Å². The van der Waals surface area contributed by atoms with Gasteiger partial charge in [0, 0.05) is 19.6 Å². The number of nitrogens with zero attached hydrogens (tertiary/aromatic N) is 1. The van der Waals surface area contributed by atoms with Crippen LogP contribution in [0.1, 0.15) is 19.4 Å². The highest BCUT2D eigenvalue weighted by atomic mass is 32.2. The minimum Gasteiger partial charge on any atom is -0.376 e. The minimum absolute atomic E-state index is 0.0523. The van der Waals surface area contributed by atoms with Crippen LogP contribution in [-0.2, 0) is 21.3 Å². The summed E-state index contributed by atoms with van der Waals surface area (Å²) in [5.41, 5.74) is 0.981. The first-order chi connectivity index (χ1) is 9.54. The Labute approximate surface area is 121 Å². The van der Waals surface area contributed by atoms with Crippen LogP contribution in [0.15, 0.2) is 29.2 Å². The largest absolute Gasteiger partial charge is 0.376 e. The Balaban J connectivity index is 2.20. The smallest absolute Gasteiger partial charge is 0.243 e. The third-order valence-corrected chi connectivity index (χ3v) is 5.18. The van der Waals surface area contributed by atoms with Gasteiger partial charge in [0.1, 0.15) is 0 Å². The average molecular weight is 298 g/mol. The summed E-state index contributed by atoms with van der Waals surface area (Å²) in [6, 6.07) is 7.14. The van der Waals surface area contributed by atoms with Crippen molar-refractivity contribution in [3.05, 3.63) is 29.8 Å². The summed E-state index contributed by atoms with van der Waals surface area (Å²) in [6.45, 7) is 6.75. The van der Waals surface area contributed by atoms with Crippen molar-refractivity contribution >= 4 is 10.0 Å². The molecule has 1 atom stereocenters. The number of nitrogens with one attached hydrogen (secondary N) is 1. The molecule has 0 bridgehead atoms. The Morgan fingerprint density at radius 3 is 2.95 bits per heavy atom. The molecule has 0 aliphatic carbocycles. The van der Waals surface area contributed by atoms with Gasteiger partial charge in [0.2, 0.25) is 10.0 Å². The van der Waals surface area contributed by atoms with Crippen LogP contribution in [-0.4, -0.2) is 45.1 Å². The number of sulfonamides is 1. The van der Waals surface area contributed by atoms with Gasteiger partial charge in [-0.3, -0.25) is 0 Å². The average Bonchev–Trinajstić information content (AvgIpc) is 2.45. The molecule has 1 aromatic rings. The molecule has 0 spiro atoms. The number of hydrogen-bond donors (Lipinski definition) is 1. The second-order valence-electron chi connectivity index (χ2n) is 4.97. The van der Waals surface area contributed by atoms with Crippen molar-refractivity contribution < 1.29 is 13.2 Å². The molecule has 1 heterocycles. The SMILES string of the molecule is CCNCc1cccc(S(=O)(=O)N2CCOC(C)C2)c1. The molecule has 0 aromatic heterocycles. The zero-order chi connectivity index (χ0) is 14.6. The van der Waals surface area contributed by atoms with Crippen molar-refractivity contribution in [2.24, 2.45) is 0 Å². The van der Waals surface area contributed by atoms with Gasteiger partial charge < -0.3 is 10.1 Å². The number of ether oxygens (including phenoxy) is 1. The normalized spacial score (nSPS) is 21.0. The lowest BCUT2D eigenvalue weighted by Crippen LogP contribution is -2.44. The second-order valence-corrected chi connectivity index (χ2v) is 6.91. The van der Waals surface area contributed by atoms with Crippen LogP contribution in [0.3, 0.4) is 0 Å². The molecule has 1 saturated heterocycles. The van der Waals surface area contributed by atoms with E-state index in [4.69, 9.17) is 4.74 Å². The lowest BCUT2D eigenvalue weighted by atomic mass is 10.2. The van der Waals surface area contributed by atoms with Crippen molar-refractivity contribution in [3.8, 4) is 0 Å². The standard InChI is InChI=1S/C14H22N2O3S/c1-3-15-10-13-5-4-6-14(9-13)20(17,18)16-7-8-19-12(2)11-16/h4-6,9,12,15H,3,7-8,10-11H2,1-2H3. The number of benzene rings is 1. The highest BCUT2D eigenvalue weighted by Crippen LogP contribution is 2.19. The van der Waals surface area contributed by atoms with E-state index in [9.17, 15) is 8.42 Å². The zero-order valence-corrected chi connectivity index (χ0v) is 12.8. The first-order valence-corrected chi connectivity index (χ1v) is 8.39. The number of rotatable bonds is 5. The van der Waals surface area contributed by atoms with Gasteiger partial charge in [0.05, 0.1) is 17.6 Å². The van der Waals surface area contributed by atoms with Crippen LogP contribution in [0.4, 0.5) is 0 Å². The molecule has 1 aliphatic rings. The first kappa shape index (κ1) is 15.4. The highest BCUT2D eigenvalue weighted by molar-refractivity contribution is 7.89. The van der Waals surface area contributed by atoms with Gasteiger partial charge in [0.15, 0.2) is 0 Å². The van der Waals surface area contributed by atoms with Gasteiger partial charge in [-0.2, -0.15) is 4.31 Å². The fraction of sp³-hybridized carbons (Fsp3) is 0.571. The molecule has 20 heavy (non-hydrogen) atoms. The fourth-order valence-corrected chi connectivity index (χ4v) is 3.81. The molecule has 1 aromatic carbocycles. The van der Waals surface area contributed by atoms with E-state index in [-0.39, 0.29) is 6.10 Å². The van der Waals surface area contributed by atoms with Crippen LogP contribution >= 0.6 is 0 Å². The summed E-state index contributed by atoms with van der Waals surface area (Å²) in [6.07, 6.45) is -0.0523. The quantitative estimate of drug-likeness (QED) is 0.887. The van der Waals surface area contributed by atoms with Gasteiger partial charge in [-0.05, 0) is 31.2 Å². The topological polar surface area (TPSA) is 58.6 Å². The molecule has 5 nitrogen and oxygen atoms in total. The van der Waals surface area contributed by atoms with E-state index in [2.05, 4.69) is 5.32 Å². The second kappa shape index (κ2) is 6.67. The Kier molecular flexibility index (Phi) is 5.15. The molecular formula is C14H22N2O3S. The van der Waals surface area contributed by atoms with Crippen LogP contribution in [0, 0.1) is 0 Å². The maximum atomic E-state index is 12.6. The first-order valence-electron chi connectivity index (χ1n) is 6.95. The molecule has 2 rings (SSSR count). The minimum atomic E-state index is -3.42. The van der Waals surface area contributed by atoms with Crippen LogP contribution in [0.2, 0.25) is 0 Å². The van der Waals surface area contributed by atoms with Crippen molar-refractivity contribution in [3.63, 3.8) is 0 Å². The highest BCUT2D eigenvalue weighted by Gasteiger charge is 2.29. The molecule has 0 saturated carbocycles. The predicted molar refractivity (Wildman–Crippen MR) is 78.0 cm³/mol. The van der Waals surface area contributed by atoms with Crippen molar-refractivity contribution in [2.45, 2.75) is 31.4 Å². The lowest BCUT2D eigenvalue weighted by molar-refractivity contribution is 0.0102. The van der Waals surface area contributed by atoms with Crippen LogP contribution in [0.5, 0.6) is 0 Å². The summed E-state index contributed by atoms with van der Waals surface area (Å²) >= 11 is 0. The van der Waals surface area contributed by atoms with Gasteiger partial charge in [-0.15, -0.1) is 0 Å². The van der Waals surface area contributed by atoms with E-state index in [0.29, 0.717) is 31.1 Å². The summed E-state index contributed by atoms with van der Waals surface area (Å²) in [7, 11) is -3.42. The molecule has 6 heteroatoms. The van der Waals surface area contributed by atoms with E-state index in [0.717, 1.165) is 12.1 Å². The van der Waals surface area contributed by atoms with Crippen LogP contribution in [0.25, 0.3) is 0 Å². The van der Waals surface area contributed by atoms with E-state index in [1.165, 1.54) is 4.31 Å². The van der Waals surface area contributed by atoms with E-state index >= 15 is 0 Å². The Hall–Kier alpha value is -0.950. The molecule has 112 valence electrons. The predicted octanol–water partition coefficient (Wildman–Crippen LogP) is 1.21. The van der Waals surface area contributed by atoms with E-state index in [1.807, 2.05) is 19.9 Å². The van der Waals surface area contributed by atoms with Gasteiger partial charge >= 0.3 is 0 Å². The zero-order valence-electron chi connectivity index (χ0n) is 12.0. The fourth-order valence-electron chi connectivity index (χ4n) is 2.24. The molecular weight excluding hydrogens is 276 g/mol. The van der Waals surface area contributed by atoms with E-state index in [1.54, 1.807) is 18.2 Å². The number of morpholine rings is 1. The van der Waals surface area contributed by atoms with Crippen molar-refractivity contribution in [2.75, 3.05) is 26.2 Å². The van der Waals surface area contributed by atoms with Gasteiger partial charge in [-0.25, -0.2) is 8.42 Å². The van der Waals surface area contributed by atoms with Gasteiger partial charge in [-0.1, -0.05) is 19.1 Å². The van der Waals surface area contributed by atoms with Crippen molar-refractivity contribution in [1.29, 1.82) is 0 Å². The summed E-state index contributed by atoms with van der Waals surface area (Å²) in [4.78, 5) is 0.363. The Morgan fingerprint density at radius 2 is 2.25 bits per heavy atom. The summed E-state index contributed by atoms with van der Waals surface area (Å²) < 4.78 is 32.1. The van der Waals surface area contributed by atoms with E-state index < -0.39 is 10.0 Å². The third-order valence-electron chi connectivity index (χ3n) is 3.32. The monoisotopic (exact) mass is 298 g/mol. The van der Waals surface area contributed by atoms with Crippen LogP contribution < -0.4 is 5.32 Å². The Morgan fingerprint density at radius 1 is 1.45 bits per heavy atom. The molecule has 1 aliphatic heterocycles.